The number of fused-ring (bicyclic) bond motifs is 4. The first kappa shape index (κ1) is 16.3. The molecular weight excluding hydrogens is 342 g/mol. The number of aromatic nitrogens is 1. The van der Waals surface area contributed by atoms with Crippen molar-refractivity contribution >= 4 is 28.6 Å². The summed E-state index contributed by atoms with van der Waals surface area (Å²) in [6, 6.07) is 8.08. The second-order valence-electron chi connectivity index (χ2n) is 7.61. The molecule has 1 saturated heterocycles. The van der Waals surface area contributed by atoms with Crippen LogP contribution in [-0.4, -0.2) is 45.6 Å². The summed E-state index contributed by atoms with van der Waals surface area (Å²) in [6.07, 6.45) is 5.87. The van der Waals surface area contributed by atoms with Crippen molar-refractivity contribution in [1.82, 2.24) is 14.8 Å². The molecule has 1 aliphatic carbocycles. The highest BCUT2D eigenvalue weighted by atomic mass is 16.2. The Hall–Kier alpha value is -2.89. The Balaban J connectivity index is 1.34. The van der Waals surface area contributed by atoms with Gasteiger partial charge in [0.05, 0.1) is 11.8 Å². The third-order valence-electron chi connectivity index (χ3n) is 6.13. The number of carbonyl (C=O) groups is 3. The molecule has 1 aromatic heterocycles. The van der Waals surface area contributed by atoms with Gasteiger partial charge < -0.3 is 9.88 Å². The number of benzene rings is 1. The van der Waals surface area contributed by atoms with Crippen LogP contribution in [0.3, 0.4) is 0 Å². The molecule has 1 N–H and O–H groups in total. The topological polar surface area (TPSA) is 73.5 Å². The molecule has 1 aromatic carbocycles. The summed E-state index contributed by atoms with van der Waals surface area (Å²) in [7, 11) is 0. The summed E-state index contributed by atoms with van der Waals surface area (Å²) >= 11 is 0. The number of aromatic amines is 1. The third kappa shape index (κ3) is 2.51. The zero-order valence-corrected chi connectivity index (χ0v) is 15.0. The number of allylic oxidation sites excluding steroid dienone is 2. The number of hydrogen-bond acceptors (Lipinski definition) is 3. The highest BCUT2D eigenvalue weighted by Crippen LogP contribution is 2.35. The molecule has 2 aromatic rings. The average Bonchev–Trinajstić information content (AvgIpc) is 3.19. The van der Waals surface area contributed by atoms with Gasteiger partial charge in [-0.1, -0.05) is 30.4 Å². The molecule has 0 radical (unpaired) electrons. The predicted octanol–water partition coefficient (Wildman–Crippen LogP) is 2.00. The van der Waals surface area contributed by atoms with Gasteiger partial charge in [0.1, 0.15) is 6.54 Å². The molecule has 27 heavy (non-hydrogen) atoms. The number of nitrogens with zero attached hydrogens (tertiary/aromatic N) is 2. The van der Waals surface area contributed by atoms with E-state index in [0.717, 1.165) is 22.9 Å². The number of imide groups is 1. The number of likely N-dealkylation sites (tertiary alicyclic amines) is 1. The summed E-state index contributed by atoms with van der Waals surface area (Å²) in [5.74, 6) is -1.09. The highest BCUT2D eigenvalue weighted by Gasteiger charge is 2.48. The van der Waals surface area contributed by atoms with Crippen molar-refractivity contribution in [2.75, 3.05) is 13.1 Å². The van der Waals surface area contributed by atoms with Gasteiger partial charge in [-0.3, -0.25) is 19.3 Å². The first-order valence-electron chi connectivity index (χ1n) is 9.50. The number of H-pyrrole nitrogens is 1. The van der Waals surface area contributed by atoms with Gasteiger partial charge in [0, 0.05) is 41.7 Å². The maximum Gasteiger partial charge on any atom is 0.243 e. The second-order valence-corrected chi connectivity index (χ2v) is 7.61. The fourth-order valence-electron chi connectivity index (χ4n) is 4.64. The molecule has 138 valence electrons. The van der Waals surface area contributed by atoms with Crippen LogP contribution in [0.15, 0.2) is 36.4 Å². The number of nitrogens with one attached hydrogen (secondary N) is 1. The number of hydrogen-bond donors (Lipinski definition) is 1. The zero-order chi connectivity index (χ0) is 18.5. The van der Waals surface area contributed by atoms with Crippen molar-refractivity contribution in [3.63, 3.8) is 0 Å². The van der Waals surface area contributed by atoms with Gasteiger partial charge in [-0.25, -0.2) is 0 Å². The monoisotopic (exact) mass is 363 g/mol. The Morgan fingerprint density at radius 1 is 1.07 bits per heavy atom. The molecule has 3 aliphatic rings. The number of rotatable bonds is 2. The minimum Gasteiger partial charge on any atom is -0.358 e. The van der Waals surface area contributed by atoms with Crippen LogP contribution in [-0.2, 0) is 27.3 Å². The van der Waals surface area contributed by atoms with E-state index in [9.17, 15) is 14.4 Å². The van der Waals surface area contributed by atoms with Crippen LogP contribution >= 0.6 is 0 Å². The minimum atomic E-state index is -0.281. The summed E-state index contributed by atoms with van der Waals surface area (Å²) in [5.41, 5.74) is 3.39. The van der Waals surface area contributed by atoms with Crippen LogP contribution in [0.1, 0.15) is 24.1 Å². The van der Waals surface area contributed by atoms with Crippen LogP contribution in [0.4, 0.5) is 0 Å². The van der Waals surface area contributed by atoms with Crippen LogP contribution in [0.25, 0.3) is 10.9 Å². The Morgan fingerprint density at radius 3 is 2.52 bits per heavy atom. The molecule has 0 spiro atoms. The van der Waals surface area contributed by atoms with Crippen LogP contribution in [0.2, 0.25) is 0 Å². The Kier molecular flexibility index (Phi) is 3.67. The van der Waals surface area contributed by atoms with Crippen molar-refractivity contribution < 1.29 is 14.4 Å². The molecular formula is C21H21N3O3. The highest BCUT2D eigenvalue weighted by molar-refractivity contribution is 6.07. The van der Waals surface area contributed by atoms with E-state index in [1.165, 1.54) is 10.6 Å². The molecule has 6 nitrogen and oxygen atoms in total. The van der Waals surface area contributed by atoms with Crippen LogP contribution in [0.5, 0.6) is 0 Å². The molecule has 2 atom stereocenters. The van der Waals surface area contributed by atoms with Crippen LogP contribution in [0, 0.1) is 11.8 Å². The smallest absolute Gasteiger partial charge is 0.243 e. The lowest BCUT2D eigenvalue weighted by Gasteiger charge is -2.28. The summed E-state index contributed by atoms with van der Waals surface area (Å²) in [5, 5.41) is 1.13. The van der Waals surface area contributed by atoms with Gasteiger partial charge >= 0.3 is 0 Å². The van der Waals surface area contributed by atoms with Crippen molar-refractivity contribution in [2.45, 2.75) is 25.8 Å². The molecule has 2 aliphatic heterocycles. The second kappa shape index (κ2) is 6.08. The van der Waals surface area contributed by atoms with E-state index in [4.69, 9.17) is 0 Å². The average molecular weight is 363 g/mol. The van der Waals surface area contributed by atoms with Crippen molar-refractivity contribution in [3.05, 3.63) is 47.7 Å². The summed E-state index contributed by atoms with van der Waals surface area (Å²) < 4.78 is 0. The molecule has 3 heterocycles. The van der Waals surface area contributed by atoms with Gasteiger partial charge in [-0.2, -0.15) is 0 Å². The fourth-order valence-corrected chi connectivity index (χ4v) is 4.64. The van der Waals surface area contributed by atoms with Gasteiger partial charge in [-0.05, 0) is 18.9 Å². The molecule has 0 saturated carbocycles. The molecule has 3 amide bonds. The van der Waals surface area contributed by atoms with Crippen LogP contribution < -0.4 is 0 Å². The SMILES string of the molecule is O=C(CN1C(=O)C2CC=CCC2C1=O)N1CCc2[nH]c3ccccc3c2C1. The summed E-state index contributed by atoms with van der Waals surface area (Å²) in [4.78, 5) is 44.5. The minimum absolute atomic E-state index is 0.137. The number of carbonyl (C=O) groups excluding carboxylic acids is 3. The summed E-state index contributed by atoms with van der Waals surface area (Å²) in [6.45, 7) is 0.981. The van der Waals surface area contributed by atoms with E-state index in [1.807, 2.05) is 30.4 Å². The van der Waals surface area contributed by atoms with Gasteiger partial charge in [0.15, 0.2) is 0 Å². The lowest BCUT2D eigenvalue weighted by molar-refractivity contribution is -0.146. The maximum absolute atomic E-state index is 12.9. The van der Waals surface area contributed by atoms with E-state index >= 15 is 0 Å². The van der Waals surface area contributed by atoms with E-state index in [0.29, 0.717) is 25.9 Å². The van der Waals surface area contributed by atoms with Gasteiger partial charge in [-0.15, -0.1) is 0 Å². The molecule has 1 fully saturated rings. The first-order valence-corrected chi connectivity index (χ1v) is 9.50. The predicted molar refractivity (Wildman–Crippen MR) is 99.5 cm³/mol. The molecule has 0 bridgehead atoms. The Morgan fingerprint density at radius 2 is 1.78 bits per heavy atom. The number of para-hydroxylation sites is 1. The molecule has 6 heteroatoms. The van der Waals surface area contributed by atoms with Crippen molar-refractivity contribution in [2.24, 2.45) is 11.8 Å². The normalized spacial score (nSPS) is 24.4. The first-order chi connectivity index (χ1) is 13.1. The van der Waals surface area contributed by atoms with E-state index in [1.54, 1.807) is 4.90 Å². The van der Waals surface area contributed by atoms with E-state index in [-0.39, 0.29) is 36.1 Å². The fraction of sp³-hybridized carbons (Fsp3) is 0.381. The third-order valence-corrected chi connectivity index (χ3v) is 6.13. The van der Waals surface area contributed by atoms with Gasteiger partial charge in [0.2, 0.25) is 17.7 Å². The van der Waals surface area contributed by atoms with Gasteiger partial charge in [0.25, 0.3) is 0 Å². The number of amides is 3. The van der Waals surface area contributed by atoms with E-state index < -0.39 is 0 Å². The standard InChI is InChI=1S/C21H21N3O3/c25-19(12-24-20(26)14-6-1-2-7-15(14)21(24)27)23-10-9-18-16(11-23)13-5-3-4-8-17(13)22-18/h1-5,8,14-15,22H,6-7,9-12H2. The Labute approximate surface area is 156 Å². The quantitative estimate of drug-likeness (QED) is 0.655. The maximum atomic E-state index is 12.9. The molecule has 2 unspecified atom stereocenters. The Bertz CT molecular complexity index is 964. The lowest BCUT2D eigenvalue weighted by Crippen LogP contribution is -2.44. The van der Waals surface area contributed by atoms with Crippen molar-refractivity contribution in [3.8, 4) is 0 Å². The van der Waals surface area contributed by atoms with Crippen molar-refractivity contribution in [1.29, 1.82) is 0 Å². The lowest BCUT2D eigenvalue weighted by atomic mass is 9.85. The molecule has 5 rings (SSSR count). The van der Waals surface area contributed by atoms with E-state index in [2.05, 4.69) is 11.1 Å². The zero-order valence-electron chi connectivity index (χ0n) is 15.0. The largest absolute Gasteiger partial charge is 0.358 e.